The Bertz CT molecular complexity index is 1100. The Kier molecular flexibility index (Phi) is 6.20. The van der Waals surface area contributed by atoms with Crippen LogP contribution in [0.4, 0.5) is 5.69 Å². The van der Waals surface area contributed by atoms with Gasteiger partial charge in [0.05, 0.1) is 12.2 Å². The zero-order chi connectivity index (χ0) is 22.0. The summed E-state index contributed by atoms with van der Waals surface area (Å²) < 4.78 is 1.82. The Labute approximate surface area is 177 Å². The Morgan fingerprint density at radius 3 is 2.43 bits per heavy atom. The Morgan fingerprint density at radius 1 is 1.10 bits per heavy atom. The van der Waals surface area contributed by atoms with Crippen LogP contribution in [0.15, 0.2) is 24.3 Å². The summed E-state index contributed by atoms with van der Waals surface area (Å²) in [5, 5.41) is 7.40. The fourth-order valence-electron chi connectivity index (χ4n) is 3.72. The lowest BCUT2D eigenvalue weighted by atomic mass is 10.1. The molecule has 0 aliphatic rings. The Morgan fingerprint density at radius 2 is 1.77 bits per heavy atom. The number of benzene rings is 1. The molecule has 3 aromatic rings. The highest BCUT2D eigenvalue weighted by molar-refractivity contribution is 5.95. The molecule has 0 saturated carbocycles. The smallest absolute Gasteiger partial charge is 0.243 e. The van der Waals surface area contributed by atoms with Crippen molar-refractivity contribution in [3.63, 3.8) is 0 Å². The number of likely N-dealkylation sites (N-methyl/N-ethyl adjacent to an activating group) is 1. The molecule has 158 valence electrons. The minimum Gasteiger partial charge on any atom is -0.336 e. The van der Waals surface area contributed by atoms with Gasteiger partial charge in [-0.1, -0.05) is 18.2 Å². The number of fused-ring (bicyclic) bond motifs is 1. The van der Waals surface area contributed by atoms with Crippen LogP contribution >= 0.6 is 0 Å². The van der Waals surface area contributed by atoms with Crippen LogP contribution in [0.2, 0.25) is 0 Å². The van der Waals surface area contributed by atoms with Gasteiger partial charge in [0.1, 0.15) is 0 Å². The van der Waals surface area contributed by atoms with Crippen molar-refractivity contribution >= 4 is 23.1 Å². The lowest BCUT2D eigenvalue weighted by Crippen LogP contribution is -2.35. The van der Waals surface area contributed by atoms with E-state index < -0.39 is 0 Å². The van der Waals surface area contributed by atoms with Gasteiger partial charge >= 0.3 is 0 Å². The number of carbonyl (C=O) groups excluding carboxylic acids is 2. The van der Waals surface area contributed by atoms with E-state index >= 15 is 0 Å². The van der Waals surface area contributed by atoms with Crippen LogP contribution in [-0.4, -0.2) is 44.9 Å². The molecule has 1 N–H and O–H groups in total. The SMILES string of the molecule is Cc1cc2nc(C)c(CCC(=O)N(C)CC(=O)Nc3c(C)cccc3C)c(C)n2n1. The first-order valence-corrected chi connectivity index (χ1v) is 10.1. The number of hydrogen-bond donors (Lipinski definition) is 1. The number of aryl methyl sites for hydroxylation is 5. The van der Waals surface area contributed by atoms with Crippen LogP contribution in [-0.2, 0) is 16.0 Å². The summed E-state index contributed by atoms with van der Waals surface area (Å²) >= 11 is 0. The zero-order valence-corrected chi connectivity index (χ0v) is 18.5. The largest absolute Gasteiger partial charge is 0.336 e. The van der Waals surface area contributed by atoms with Crippen LogP contribution < -0.4 is 5.32 Å². The van der Waals surface area contributed by atoms with Crippen LogP contribution in [0, 0.1) is 34.6 Å². The molecule has 0 aliphatic heterocycles. The third-order valence-electron chi connectivity index (χ3n) is 5.43. The van der Waals surface area contributed by atoms with Crippen molar-refractivity contribution in [3.8, 4) is 0 Å². The van der Waals surface area contributed by atoms with E-state index in [1.807, 2.05) is 63.4 Å². The standard InChI is InChI=1S/C23H29N5O2/c1-14-8-7-9-15(2)23(14)25-21(29)13-27(6)22(30)11-10-19-17(4)24-20-12-16(3)26-28(20)18(19)5/h7-9,12H,10-11,13H2,1-6H3,(H,25,29). The van der Waals surface area contributed by atoms with Gasteiger partial charge in [0.25, 0.3) is 0 Å². The summed E-state index contributed by atoms with van der Waals surface area (Å²) in [6.07, 6.45) is 0.865. The monoisotopic (exact) mass is 407 g/mol. The molecule has 0 fully saturated rings. The predicted octanol–water partition coefficient (Wildman–Crippen LogP) is 3.30. The quantitative estimate of drug-likeness (QED) is 0.680. The average Bonchev–Trinajstić information content (AvgIpc) is 3.04. The molecule has 0 bridgehead atoms. The molecule has 0 spiro atoms. The summed E-state index contributed by atoms with van der Waals surface area (Å²) in [5.74, 6) is -0.284. The van der Waals surface area contributed by atoms with E-state index in [0.29, 0.717) is 12.8 Å². The highest BCUT2D eigenvalue weighted by atomic mass is 16.2. The maximum atomic E-state index is 12.6. The molecule has 2 aromatic heterocycles. The van der Waals surface area contributed by atoms with E-state index in [9.17, 15) is 9.59 Å². The first kappa shape index (κ1) is 21.5. The summed E-state index contributed by atoms with van der Waals surface area (Å²) in [7, 11) is 1.66. The van der Waals surface area contributed by atoms with Gasteiger partial charge in [0.15, 0.2) is 5.65 Å². The first-order chi connectivity index (χ1) is 14.2. The second-order valence-corrected chi connectivity index (χ2v) is 7.88. The Balaban J connectivity index is 1.62. The topological polar surface area (TPSA) is 79.6 Å². The number of nitrogens with one attached hydrogen (secondary N) is 1. The summed E-state index contributed by atoms with van der Waals surface area (Å²) in [4.78, 5) is 31.1. The second-order valence-electron chi connectivity index (χ2n) is 7.88. The molecule has 0 atom stereocenters. The molecule has 7 heteroatoms. The molecule has 3 rings (SSSR count). The fourth-order valence-corrected chi connectivity index (χ4v) is 3.72. The van der Waals surface area contributed by atoms with E-state index in [1.54, 1.807) is 7.05 Å². The van der Waals surface area contributed by atoms with Gasteiger partial charge in [-0.15, -0.1) is 0 Å². The number of anilines is 1. The van der Waals surface area contributed by atoms with Crippen LogP contribution in [0.5, 0.6) is 0 Å². The number of aromatic nitrogens is 3. The predicted molar refractivity (Wildman–Crippen MR) is 118 cm³/mol. The van der Waals surface area contributed by atoms with Gasteiger partial charge < -0.3 is 10.2 Å². The zero-order valence-electron chi connectivity index (χ0n) is 18.5. The third kappa shape index (κ3) is 4.50. The van der Waals surface area contributed by atoms with Gasteiger partial charge in [0.2, 0.25) is 11.8 Å². The van der Waals surface area contributed by atoms with E-state index in [4.69, 9.17) is 0 Å². The van der Waals surface area contributed by atoms with E-state index in [2.05, 4.69) is 15.4 Å². The van der Waals surface area contributed by atoms with Gasteiger partial charge in [-0.2, -0.15) is 5.10 Å². The van der Waals surface area contributed by atoms with Crippen molar-refractivity contribution in [2.24, 2.45) is 0 Å². The normalized spacial score (nSPS) is 11.0. The van der Waals surface area contributed by atoms with Gasteiger partial charge in [-0.05, 0) is 57.7 Å². The lowest BCUT2D eigenvalue weighted by molar-refractivity contribution is -0.133. The fraction of sp³-hybridized carbons (Fsp3) is 0.391. The van der Waals surface area contributed by atoms with Crippen LogP contribution in [0.3, 0.4) is 0 Å². The molecule has 2 amide bonds. The van der Waals surface area contributed by atoms with Gasteiger partial charge in [0, 0.05) is 36.6 Å². The molecule has 0 aliphatic carbocycles. The number of carbonyl (C=O) groups is 2. The number of nitrogens with zero attached hydrogens (tertiary/aromatic N) is 4. The number of rotatable bonds is 6. The minimum absolute atomic E-state index is 0.0141. The minimum atomic E-state index is -0.203. The van der Waals surface area contributed by atoms with Crippen LogP contribution in [0.1, 0.15) is 40.2 Å². The second kappa shape index (κ2) is 8.65. The summed E-state index contributed by atoms with van der Waals surface area (Å²) in [5.41, 5.74) is 7.46. The highest BCUT2D eigenvalue weighted by Crippen LogP contribution is 2.20. The van der Waals surface area contributed by atoms with Crippen molar-refractivity contribution in [2.45, 2.75) is 47.5 Å². The number of hydrogen-bond acceptors (Lipinski definition) is 4. The maximum absolute atomic E-state index is 12.6. The van der Waals surface area contributed by atoms with Crippen molar-refractivity contribution in [1.82, 2.24) is 19.5 Å². The van der Waals surface area contributed by atoms with Crippen molar-refractivity contribution in [2.75, 3.05) is 18.9 Å². The molecule has 0 unspecified atom stereocenters. The summed E-state index contributed by atoms with van der Waals surface area (Å²) in [6.45, 7) is 9.81. The first-order valence-electron chi connectivity index (χ1n) is 10.1. The van der Waals surface area contributed by atoms with E-state index in [1.165, 1.54) is 4.90 Å². The van der Waals surface area contributed by atoms with Gasteiger partial charge in [-0.25, -0.2) is 9.50 Å². The van der Waals surface area contributed by atoms with E-state index in [-0.39, 0.29) is 18.4 Å². The number of para-hydroxylation sites is 1. The molecular formula is C23H29N5O2. The molecule has 7 nitrogen and oxygen atoms in total. The van der Waals surface area contributed by atoms with Crippen LogP contribution in [0.25, 0.3) is 5.65 Å². The van der Waals surface area contributed by atoms with Crippen molar-refractivity contribution in [1.29, 1.82) is 0 Å². The molecule has 0 saturated heterocycles. The highest BCUT2D eigenvalue weighted by Gasteiger charge is 2.17. The molecule has 1 aromatic carbocycles. The molecular weight excluding hydrogens is 378 g/mol. The molecule has 0 radical (unpaired) electrons. The molecule has 30 heavy (non-hydrogen) atoms. The third-order valence-corrected chi connectivity index (χ3v) is 5.43. The van der Waals surface area contributed by atoms with Gasteiger partial charge in [-0.3, -0.25) is 9.59 Å². The maximum Gasteiger partial charge on any atom is 0.243 e. The molecule has 2 heterocycles. The van der Waals surface area contributed by atoms with Crippen molar-refractivity contribution < 1.29 is 9.59 Å². The Hall–Kier alpha value is -3.22. The summed E-state index contributed by atoms with van der Waals surface area (Å²) in [6, 6.07) is 7.80. The average molecular weight is 408 g/mol. The number of amides is 2. The van der Waals surface area contributed by atoms with E-state index in [0.717, 1.165) is 45.1 Å². The van der Waals surface area contributed by atoms with Crippen molar-refractivity contribution in [3.05, 3.63) is 58.0 Å². The lowest BCUT2D eigenvalue weighted by Gasteiger charge is -2.19.